The number of aromatic hydroxyl groups is 1. The lowest BCUT2D eigenvalue weighted by atomic mass is 10.1. The van der Waals surface area contributed by atoms with Gasteiger partial charge in [0, 0.05) is 30.6 Å². The van der Waals surface area contributed by atoms with Crippen molar-refractivity contribution >= 4 is 50.4 Å². The van der Waals surface area contributed by atoms with Crippen molar-refractivity contribution in [2.75, 3.05) is 27.3 Å². The Morgan fingerprint density at radius 1 is 1.34 bits per heavy atom. The molecule has 1 saturated heterocycles. The van der Waals surface area contributed by atoms with E-state index in [1.54, 1.807) is 31.2 Å². The zero-order valence-corrected chi connectivity index (χ0v) is 17.2. The second-order valence-corrected chi connectivity index (χ2v) is 7.51. The first-order valence-electron chi connectivity index (χ1n) is 8.73. The minimum Gasteiger partial charge on any atom is -0.493 e. The van der Waals surface area contributed by atoms with Crippen LogP contribution in [0.1, 0.15) is 0 Å². The first-order valence-corrected chi connectivity index (χ1v) is 9.53. The number of nitrogens with one attached hydrogen (secondary N) is 2. The zero-order valence-electron chi connectivity index (χ0n) is 15.6. The molecule has 3 amide bonds. The minimum atomic E-state index is -0.729. The van der Waals surface area contributed by atoms with Crippen molar-refractivity contribution in [3.8, 4) is 5.88 Å². The Morgan fingerprint density at radius 3 is 2.90 bits per heavy atom. The van der Waals surface area contributed by atoms with E-state index < -0.39 is 24.1 Å². The van der Waals surface area contributed by atoms with Crippen LogP contribution in [0.2, 0.25) is 0 Å². The second kappa shape index (κ2) is 7.44. The van der Waals surface area contributed by atoms with Crippen LogP contribution in [0.4, 0.5) is 10.5 Å². The highest BCUT2D eigenvalue weighted by Gasteiger charge is 2.48. The van der Waals surface area contributed by atoms with Crippen LogP contribution < -0.4 is 5.32 Å². The third-order valence-electron chi connectivity index (χ3n) is 4.83. The van der Waals surface area contributed by atoms with E-state index in [1.165, 1.54) is 4.90 Å². The highest BCUT2D eigenvalue weighted by Crippen LogP contribution is 2.37. The molecule has 11 nitrogen and oxygen atoms in total. The summed E-state index contributed by atoms with van der Waals surface area (Å²) in [5.41, 5.74) is 0.946. The molecular formula is C17H18BrN7O4. The predicted molar refractivity (Wildman–Crippen MR) is 107 cm³/mol. The number of likely N-dealkylation sites (N-methyl/N-ethyl adjacent to an activating group) is 1. The van der Waals surface area contributed by atoms with Crippen LogP contribution in [-0.2, 0) is 9.53 Å². The topological polar surface area (TPSA) is 135 Å². The van der Waals surface area contributed by atoms with Gasteiger partial charge in [0.05, 0.1) is 12.1 Å². The van der Waals surface area contributed by atoms with Crippen LogP contribution in [-0.4, -0.2) is 77.3 Å². The summed E-state index contributed by atoms with van der Waals surface area (Å²) in [5.74, 6) is -0.411. The van der Waals surface area contributed by atoms with Crippen LogP contribution >= 0.6 is 15.9 Å². The predicted octanol–water partition coefficient (Wildman–Crippen LogP) is 1.91. The number of methoxy groups -OCH3 is 1. The lowest BCUT2D eigenvalue weighted by Gasteiger charge is -2.35. The van der Waals surface area contributed by atoms with E-state index in [0.717, 1.165) is 4.47 Å². The van der Waals surface area contributed by atoms with Gasteiger partial charge < -0.3 is 24.6 Å². The number of guanidine groups is 1. The van der Waals surface area contributed by atoms with E-state index in [9.17, 15) is 14.7 Å². The summed E-state index contributed by atoms with van der Waals surface area (Å²) in [6, 6.07) is 4.19. The molecule has 0 spiro atoms. The van der Waals surface area contributed by atoms with Crippen LogP contribution in [0.3, 0.4) is 0 Å². The minimum absolute atomic E-state index is 0.133. The van der Waals surface area contributed by atoms with Crippen molar-refractivity contribution in [3.05, 3.63) is 22.7 Å². The number of benzene rings is 1. The number of aliphatic imine (C=N–C) groups is 1. The number of carbonyl (C=O) groups is 2. The number of amides is 3. The van der Waals surface area contributed by atoms with Crippen LogP contribution in [0, 0.1) is 0 Å². The SMILES string of the molecule is COCCN1C(N=Nc2c(O)[nH]c3ccc(Br)cc23)=NC2C1C(=O)NC(=O)N2C. The van der Waals surface area contributed by atoms with Gasteiger partial charge >= 0.3 is 6.03 Å². The number of hydrogen-bond donors (Lipinski definition) is 3. The molecule has 29 heavy (non-hydrogen) atoms. The number of nitrogens with zero attached hydrogens (tertiary/aromatic N) is 5. The molecule has 2 aromatic rings. The fourth-order valence-corrected chi connectivity index (χ4v) is 3.72. The molecule has 1 fully saturated rings. The average molecular weight is 464 g/mol. The third kappa shape index (κ3) is 3.34. The van der Waals surface area contributed by atoms with E-state index in [2.05, 4.69) is 41.5 Å². The van der Waals surface area contributed by atoms with Gasteiger partial charge in [-0.05, 0) is 18.2 Å². The number of imide groups is 1. The van der Waals surface area contributed by atoms with Gasteiger partial charge in [-0.15, -0.1) is 10.2 Å². The summed E-state index contributed by atoms with van der Waals surface area (Å²) >= 11 is 3.40. The molecule has 0 saturated carbocycles. The van der Waals surface area contributed by atoms with Gasteiger partial charge in [0.1, 0.15) is 0 Å². The molecule has 0 aliphatic carbocycles. The Kier molecular flexibility index (Phi) is 4.96. The van der Waals surface area contributed by atoms with Crippen molar-refractivity contribution in [1.82, 2.24) is 20.1 Å². The van der Waals surface area contributed by atoms with Gasteiger partial charge in [-0.25, -0.2) is 9.79 Å². The second-order valence-electron chi connectivity index (χ2n) is 6.59. The van der Waals surface area contributed by atoms with Gasteiger partial charge in [0.2, 0.25) is 11.8 Å². The molecule has 4 rings (SSSR count). The maximum absolute atomic E-state index is 12.4. The lowest BCUT2D eigenvalue weighted by Crippen LogP contribution is -2.63. The zero-order chi connectivity index (χ0) is 20.7. The maximum atomic E-state index is 12.4. The molecule has 1 aromatic heterocycles. The third-order valence-corrected chi connectivity index (χ3v) is 5.32. The number of fused-ring (bicyclic) bond motifs is 2. The van der Waals surface area contributed by atoms with Gasteiger partial charge in [-0.3, -0.25) is 10.1 Å². The summed E-state index contributed by atoms with van der Waals surface area (Å²) in [6.45, 7) is 0.657. The first-order chi connectivity index (χ1) is 13.9. The molecular weight excluding hydrogens is 446 g/mol. The van der Waals surface area contributed by atoms with Crippen molar-refractivity contribution in [2.24, 2.45) is 15.2 Å². The van der Waals surface area contributed by atoms with E-state index in [1.807, 2.05) is 6.07 Å². The molecule has 0 radical (unpaired) electrons. The Hall–Kier alpha value is -2.99. The van der Waals surface area contributed by atoms with Crippen LogP contribution in [0.15, 0.2) is 37.9 Å². The Balaban J connectivity index is 1.71. The largest absolute Gasteiger partial charge is 0.493 e. The van der Waals surface area contributed by atoms with Gasteiger partial charge in [0.15, 0.2) is 17.9 Å². The fourth-order valence-electron chi connectivity index (χ4n) is 3.36. The number of azo groups is 1. The molecule has 1 aromatic carbocycles. The highest BCUT2D eigenvalue weighted by atomic mass is 79.9. The summed E-state index contributed by atoms with van der Waals surface area (Å²) in [4.78, 5) is 34.6. The summed E-state index contributed by atoms with van der Waals surface area (Å²) in [5, 5.41) is 21.6. The number of halogens is 1. The number of hydrogen-bond acceptors (Lipinski definition) is 8. The van der Waals surface area contributed by atoms with E-state index in [-0.39, 0.29) is 17.5 Å². The van der Waals surface area contributed by atoms with E-state index in [0.29, 0.717) is 24.1 Å². The van der Waals surface area contributed by atoms with Crippen LogP contribution in [0.5, 0.6) is 5.88 Å². The molecule has 2 atom stereocenters. The van der Waals surface area contributed by atoms with Gasteiger partial charge in [-0.2, -0.15) is 0 Å². The van der Waals surface area contributed by atoms with Crippen molar-refractivity contribution < 1.29 is 19.4 Å². The molecule has 2 aliphatic rings. The monoisotopic (exact) mass is 463 g/mol. The number of carbonyl (C=O) groups excluding carboxylic acids is 2. The Morgan fingerprint density at radius 2 is 2.14 bits per heavy atom. The van der Waals surface area contributed by atoms with Crippen molar-refractivity contribution in [2.45, 2.75) is 12.2 Å². The van der Waals surface area contributed by atoms with Gasteiger partial charge in [-0.1, -0.05) is 15.9 Å². The summed E-state index contributed by atoms with van der Waals surface area (Å²) in [7, 11) is 3.10. The number of aromatic amines is 1. The molecule has 2 aliphatic heterocycles. The highest BCUT2D eigenvalue weighted by molar-refractivity contribution is 9.10. The fraction of sp³-hybridized carbons (Fsp3) is 0.353. The summed E-state index contributed by atoms with van der Waals surface area (Å²) in [6.07, 6.45) is -0.715. The van der Waals surface area contributed by atoms with Crippen molar-refractivity contribution in [3.63, 3.8) is 0 Å². The number of H-pyrrole nitrogens is 1. The number of urea groups is 1. The average Bonchev–Trinajstić information content (AvgIpc) is 3.20. The molecule has 152 valence electrons. The van der Waals surface area contributed by atoms with Gasteiger partial charge in [0.25, 0.3) is 5.91 Å². The quantitative estimate of drug-likeness (QED) is 0.595. The molecule has 3 heterocycles. The Labute approximate surface area is 173 Å². The molecule has 12 heteroatoms. The standard InChI is InChI=1S/C17H18BrN7O4/c1-24-13-12(15(27)21-17(24)28)25(5-6-29-2)16(20-13)23-22-11-9-7-8(18)3-4-10(9)19-14(11)26/h3-4,7,12-13,19,26H,5-6H2,1-2H3,(H,21,27,28). The van der Waals surface area contributed by atoms with E-state index in [4.69, 9.17) is 4.74 Å². The first kappa shape index (κ1) is 19.3. The molecule has 2 unspecified atom stereocenters. The number of ether oxygens (including phenoxy) is 1. The normalized spacial score (nSPS) is 21.8. The Bertz CT molecular complexity index is 1050. The summed E-state index contributed by atoms with van der Waals surface area (Å²) < 4.78 is 5.95. The molecule has 0 bridgehead atoms. The molecule has 3 N–H and O–H groups in total. The van der Waals surface area contributed by atoms with Crippen molar-refractivity contribution in [1.29, 1.82) is 0 Å². The smallest absolute Gasteiger partial charge is 0.325 e. The maximum Gasteiger partial charge on any atom is 0.325 e. The van der Waals surface area contributed by atoms with Crippen LogP contribution in [0.25, 0.3) is 10.9 Å². The van der Waals surface area contributed by atoms with E-state index >= 15 is 0 Å². The number of aromatic nitrogens is 1. The number of rotatable bonds is 4. The lowest BCUT2D eigenvalue weighted by molar-refractivity contribution is -0.127.